The smallest absolute Gasteiger partial charge is 0.200 e. The average molecular weight is 274 g/mol. The van der Waals surface area contributed by atoms with Crippen molar-refractivity contribution in [1.82, 2.24) is 4.98 Å². The quantitative estimate of drug-likeness (QED) is 0.912. The predicted molar refractivity (Wildman–Crippen MR) is 78.1 cm³/mol. The van der Waals surface area contributed by atoms with Gasteiger partial charge in [0.15, 0.2) is 0 Å². The van der Waals surface area contributed by atoms with Crippen molar-refractivity contribution >= 4 is 0 Å². The standard InChI is InChI=1S/C17H26N2O/c1-10(2)15(18)14-9-19-16(20-14)17-6-11-3-12(7-17)5-13(4-11)8-17/h9-13,15H,3-8,18H2,1-2H3. The highest BCUT2D eigenvalue weighted by Crippen LogP contribution is 2.60. The Balaban J connectivity index is 1.64. The maximum Gasteiger partial charge on any atom is 0.200 e. The van der Waals surface area contributed by atoms with Crippen molar-refractivity contribution in [2.75, 3.05) is 0 Å². The molecule has 0 radical (unpaired) electrons. The molecule has 0 saturated heterocycles. The van der Waals surface area contributed by atoms with Crippen LogP contribution >= 0.6 is 0 Å². The Morgan fingerprint density at radius 2 is 1.70 bits per heavy atom. The van der Waals surface area contributed by atoms with Crippen molar-refractivity contribution in [2.45, 2.75) is 63.8 Å². The van der Waals surface area contributed by atoms with Gasteiger partial charge in [-0.1, -0.05) is 13.8 Å². The predicted octanol–water partition coefficient (Wildman–Crippen LogP) is 3.80. The number of rotatable bonds is 3. The summed E-state index contributed by atoms with van der Waals surface area (Å²) in [6, 6.07) is -0.0230. The van der Waals surface area contributed by atoms with Crippen LogP contribution in [-0.4, -0.2) is 4.98 Å². The third-order valence-corrected chi connectivity index (χ3v) is 6.06. The van der Waals surface area contributed by atoms with Crippen LogP contribution in [0.2, 0.25) is 0 Å². The van der Waals surface area contributed by atoms with Crippen molar-refractivity contribution < 1.29 is 4.42 Å². The number of nitrogens with zero attached hydrogens (tertiary/aromatic N) is 1. The first-order valence-electron chi connectivity index (χ1n) is 8.27. The van der Waals surface area contributed by atoms with Crippen molar-refractivity contribution in [1.29, 1.82) is 0 Å². The van der Waals surface area contributed by atoms with E-state index in [1.165, 1.54) is 38.5 Å². The van der Waals surface area contributed by atoms with E-state index < -0.39 is 0 Å². The zero-order valence-corrected chi connectivity index (χ0v) is 12.6. The lowest BCUT2D eigenvalue weighted by Gasteiger charge is -2.55. The summed E-state index contributed by atoms with van der Waals surface area (Å²) in [6.45, 7) is 4.27. The monoisotopic (exact) mass is 274 g/mol. The van der Waals surface area contributed by atoms with Crippen molar-refractivity contribution in [3.05, 3.63) is 17.8 Å². The SMILES string of the molecule is CC(C)C(N)c1cnc(C23CC4CC(CC(C4)C2)C3)o1. The fourth-order valence-corrected chi connectivity index (χ4v) is 5.39. The van der Waals surface area contributed by atoms with Gasteiger partial charge in [0, 0.05) is 5.41 Å². The van der Waals surface area contributed by atoms with Crippen LogP contribution in [0.15, 0.2) is 10.6 Å². The minimum Gasteiger partial charge on any atom is -0.443 e. The van der Waals surface area contributed by atoms with E-state index in [4.69, 9.17) is 10.2 Å². The van der Waals surface area contributed by atoms with E-state index in [1.54, 1.807) is 0 Å². The lowest BCUT2D eigenvalue weighted by atomic mass is 9.49. The Morgan fingerprint density at radius 3 is 2.20 bits per heavy atom. The van der Waals surface area contributed by atoms with Crippen LogP contribution in [0.25, 0.3) is 0 Å². The lowest BCUT2D eigenvalue weighted by Crippen LogP contribution is -2.48. The molecular formula is C17H26N2O. The minimum atomic E-state index is -0.0230. The molecule has 0 aromatic carbocycles. The summed E-state index contributed by atoms with van der Waals surface area (Å²) >= 11 is 0. The second kappa shape index (κ2) is 4.33. The van der Waals surface area contributed by atoms with Crippen LogP contribution < -0.4 is 5.73 Å². The third-order valence-electron chi connectivity index (χ3n) is 6.06. The first kappa shape index (κ1) is 12.9. The maximum absolute atomic E-state index is 6.21. The van der Waals surface area contributed by atoms with Gasteiger partial charge in [-0.2, -0.15) is 0 Å². The largest absolute Gasteiger partial charge is 0.443 e. The molecule has 1 atom stereocenters. The van der Waals surface area contributed by atoms with Crippen molar-refractivity contribution in [3.63, 3.8) is 0 Å². The number of hydrogen-bond acceptors (Lipinski definition) is 3. The van der Waals surface area contributed by atoms with Gasteiger partial charge >= 0.3 is 0 Å². The molecule has 3 nitrogen and oxygen atoms in total. The Morgan fingerprint density at radius 1 is 1.15 bits per heavy atom. The molecule has 4 fully saturated rings. The third kappa shape index (κ3) is 1.86. The molecule has 4 aliphatic carbocycles. The Bertz CT molecular complexity index is 470. The molecule has 2 N–H and O–H groups in total. The highest BCUT2D eigenvalue weighted by atomic mass is 16.4. The molecule has 4 aliphatic rings. The zero-order valence-electron chi connectivity index (χ0n) is 12.6. The van der Waals surface area contributed by atoms with Gasteiger partial charge in [-0.15, -0.1) is 0 Å². The summed E-state index contributed by atoms with van der Waals surface area (Å²) in [4.78, 5) is 4.66. The van der Waals surface area contributed by atoms with Crippen LogP contribution in [0.4, 0.5) is 0 Å². The highest BCUT2D eigenvalue weighted by Gasteiger charge is 2.54. The molecule has 110 valence electrons. The molecule has 5 rings (SSSR count). The van der Waals surface area contributed by atoms with Gasteiger partial charge in [0.1, 0.15) is 5.76 Å². The van der Waals surface area contributed by atoms with Crippen LogP contribution in [-0.2, 0) is 5.41 Å². The van der Waals surface area contributed by atoms with Crippen molar-refractivity contribution in [2.24, 2.45) is 29.4 Å². The maximum atomic E-state index is 6.21. The molecule has 3 heteroatoms. The van der Waals surface area contributed by atoms with E-state index in [0.717, 1.165) is 29.4 Å². The minimum absolute atomic E-state index is 0.0230. The first-order valence-corrected chi connectivity index (χ1v) is 8.27. The molecule has 1 unspecified atom stereocenters. The van der Waals surface area contributed by atoms with Gasteiger partial charge in [-0.05, 0) is 62.2 Å². The van der Waals surface area contributed by atoms with Gasteiger partial charge in [-0.25, -0.2) is 4.98 Å². The fourth-order valence-electron chi connectivity index (χ4n) is 5.39. The second-order valence-corrected chi connectivity index (χ2v) is 8.04. The topological polar surface area (TPSA) is 52.0 Å². The molecule has 0 aliphatic heterocycles. The molecule has 4 saturated carbocycles. The van der Waals surface area contributed by atoms with Gasteiger partial charge in [0.25, 0.3) is 0 Å². The van der Waals surface area contributed by atoms with Gasteiger partial charge < -0.3 is 10.2 Å². The summed E-state index contributed by atoms with van der Waals surface area (Å²) in [6.07, 6.45) is 10.2. The van der Waals surface area contributed by atoms with Gasteiger partial charge in [-0.3, -0.25) is 0 Å². The van der Waals surface area contributed by atoms with Crippen LogP contribution in [0.1, 0.15) is 70.1 Å². The molecule has 0 amide bonds. The molecule has 1 heterocycles. The highest BCUT2D eigenvalue weighted by molar-refractivity contribution is 5.17. The average Bonchev–Trinajstić information content (AvgIpc) is 2.86. The fraction of sp³-hybridized carbons (Fsp3) is 0.824. The normalized spacial score (nSPS) is 40.5. The summed E-state index contributed by atoms with van der Waals surface area (Å²) in [5.74, 6) is 5.06. The summed E-state index contributed by atoms with van der Waals surface area (Å²) < 4.78 is 6.16. The van der Waals surface area contributed by atoms with E-state index in [0.29, 0.717) is 5.92 Å². The molecule has 0 spiro atoms. The van der Waals surface area contributed by atoms with E-state index >= 15 is 0 Å². The summed E-state index contributed by atoms with van der Waals surface area (Å²) in [5.41, 5.74) is 6.46. The molecule has 4 bridgehead atoms. The molecular weight excluding hydrogens is 248 g/mol. The van der Waals surface area contributed by atoms with E-state index in [2.05, 4.69) is 18.8 Å². The van der Waals surface area contributed by atoms with Crippen LogP contribution in [0.3, 0.4) is 0 Å². The van der Waals surface area contributed by atoms with Crippen molar-refractivity contribution in [3.8, 4) is 0 Å². The second-order valence-electron chi connectivity index (χ2n) is 8.04. The number of aromatic nitrogens is 1. The zero-order chi connectivity index (χ0) is 13.9. The van der Waals surface area contributed by atoms with E-state index in [9.17, 15) is 0 Å². The molecule has 20 heavy (non-hydrogen) atoms. The molecule has 1 aromatic heterocycles. The Hall–Kier alpha value is -0.830. The number of hydrogen-bond donors (Lipinski definition) is 1. The van der Waals surface area contributed by atoms with E-state index in [-0.39, 0.29) is 11.5 Å². The number of oxazole rings is 1. The van der Waals surface area contributed by atoms with E-state index in [1.807, 2.05) is 6.20 Å². The summed E-state index contributed by atoms with van der Waals surface area (Å²) in [5, 5.41) is 0. The van der Waals surface area contributed by atoms with Gasteiger partial charge in [0.05, 0.1) is 12.2 Å². The Kier molecular flexibility index (Phi) is 2.79. The lowest BCUT2D eigenvalue weighted by molar-refractivity contribution is -0.0184. The first-order chi connectivity index (χ1) is 9.56. The van der Waals surface area contributed by atoms with Gasteiger partial charge in [0.2, 0.25) is 5.89 Å². The number of nitrogens with two attached hydrogens (primary N) is 1. The van der Waals surface area contributed by atoms with Crippen LogP contribution in [0, 0.1) is 23.7 Å². The van der Waals surface area contributed by atoms with Crippen LogP contribution in [0.5, 0.6) is 0 Å². The Labute approximate surface area is 121 Å². The summed E-state index contributed by atoms with van der Waals surface area (Å²) in [7, 11) is 0. The molecule has 1 aromatic rings.